The number of rotatable bonds is 8. The number of anilines is 1. The zero-order valence-corrected chi connectivity index (χ0v) is 20.3. The predicted molar refractivity (Wildman–Crippen MR) is 125 cm³/mol. The summed E-state index contributed by atoms with van der Waals surface area (Å²) in [4.78, 5) is 12.5. The predicted octanol–water partition coefficient (Wildman–Crippen LogP) is 2.44. The fraction of sp³-hybridized carbons (Fsp3) is 0.579. The first kappa shape index (κ1) is 26.1. The van der Waals surface area contributed by atoms with Gasteiger partial charge >= 0.3 is 6.18 Å². The third-order valence-electron chi connectivity index (χ3n) is 4.78. The summed E-state index contributed by atoms with van der Waals surface area (Å²) in [6, 6.07) is 2.53. The Bertz CT molecular complexity index is 872. The van der Waals surface area contributed by atoms with E-state index in [0.717, 1.165) is 37.4 Å². The molecule has 2 aromatic heterocycles. The third kappa shape index (κ3) is 7.46. The van der Waals surface area contributed by atoms with Gasteiger partial charge in [-0.25, -0.2) is 14.6 Å². The molecule has 0 aromatic carbocycles. The molecule has 0 saturated heterocycles. The lowest BCUT2D eigenvalue weighted by molar-refractivity contribution is -0.137. The molecule has 9 nitrogen and oxygen atoms in total. The minimum Gasteiger partial charge on any atom is -0.377 e. The number of nitrogens with zero attached hydrogens (tertiary/aromatic N) is 5. The largest absolute Gasteiger partial charge is 0.417 e. The van der Waals surface area contributed by atoms with Gasteiger partial charge in [0.1, 0.15) is 18.2 Å². The molecule has 0 saturated carbocycles. The van der Waals surface area contributed by atoms with Crippen LogP contribution in [0.25, 0.3) is 0 Å². The van der Waals surface area contributed by atoms with Crippen LogP contribution < -0.4 is 16.0 Å². The number of aliphatic imine (C=N–C) groups is 1. The lowest BCUT2D eigenvalue weighted by Crippen LogP contribution is -2.47. The van der Waals surface area contributed by atoms with Gasteiger partial charge in [-0.3, -0.25) is 4.99 Å². The number of aryl methyl sites for hydroxylation is 1. The van der Waals surface area contributed by atoms with Crippen LogP contribution in [0.4, 0.5) is 19.0 Å². The van der Waals surface area contributed by atoms with Crippen LogP contribution in [-0.2, 0) is 30.5 Å². The number of hydrogen-bond acceptors (Lipinski definition) is 6. The quantitative estimate of drug-likeness (QED) is 0.195. The summed E-state index contributed by atoms with van der Waals surface area (Å²) in [6.07, 6.45) is -1.06. The minimum atomic E-state index is -4.38. The van der Waals surface area contributed by atoms with Gasteiger partial charge in [-0.2, -0.15) is 18.3 Å². The van der Waals surface area contributed by atoms with E-state index in [0.29, 0.717) is 43.8 Å². The summed E-state index contributed by atoms with van der Waals surface area (Å²) >= 11 is 0. The van der Waals surface area contributed by atoms with Crippen LogP contribution in [0.5, 0.6) is 0 Å². The van der Waals surface area contributed by atoms with Gasteiger partial charge in [0.05, 0.1) is 12.1 Å². The van der Waals surface area contributed by atoms with E-state index < -0.39 is 11.7 Å². The Labute approximate surface area is 201 Å². The number of fused-ring (bicyclic) bond motifs is 1. The first-order chi connectivity index (χ1) is 14.9. The number of halogens is 4. The van der Waals surface area contributed by atoms with Crippen molar-refractivity contribution in [1.82, 2.24) is 30.4 Å². The van der Waals surface area contributed by atoms with Crippen molar-refractivity contribution in [3.63, 3.8) is 0 Å². The standard InChI is InChI=1S/C19H27F3N8O.HI/c1-23-18(27-14-5-7-17-28-16(12-31-2)29-30(17)11-14)25-9-3-8-24-15-6-4-13(10-26-15)19(20,21)22;/h4,6,10,14H,3,5,7-9,11-12H2,1-2H3,(H,24,26)(H2,23,25,27);1H. The summed E-state index contributed by atoms with van der Waals surface area (Å²) in [5.41, 5.74) is -0.759. The molecule has 0 aliphatic carbocycles. The number of pyridine rings is 1. The van der Waals surface area contributed by atoms with Crippen molar-refractivity contribution in [3.05, 3.63) is 35.5 Å². The molecule has 1 unspecified atom stereocenters. The molecular weight excluding hydrogens is 540 g/mol. The molecule has 0 spiro atoms. The van der Waals surface area contributed by atoms with Crippen molar-refractivity contribution < 1.29 is 17.9 Å². The van der Waals surface area contributed by atoms with E-state index in [2.05, 4.69) is 36.0 Å². The lowest BCUT2D eigenvalue weighted by Gasteiger charge is -2.25. The van der Waals surface area contributed by atoms with Crippen molar-refractivity contribution >= 4 is 35.8 Å². The molecule has 0 radical (unpaired) electrons. The fourth-order valence-corrected chi connectivity index (χ4v) is 3.23. The third-order valence-corrected chi connectivity index (χ3v) is 4.78. The van der Waals surface area contributed by atoms with Gasteiger partial charge in [0.25, 0.3) is 0 Å². The maximum Gasteiger partial charge on any atom is 0.417 e. The van der Waals surface area contributed by atoms with E-state index in [4.69, 9.17) is 4.74 Å². The van der Waals surface area contributed by atoms with Crippen molar-refractivity contribution in [2.24, 2.45) is 4.99 Å². The maximum absolute atomic E-state index is 12.6. The zero-order chi connectivity index (χ0) is 22.3. The van der Waals surface area contributed by atoms with Crippen molar-refractivity contribution in [3.8, 4) is 0 Å². The van der Waals surface area contributed by atoms with Gasteiger partial charge in [0.15, 0.2) is 11.8 Å². The maximum atomic E-state index is 12.6. The highest BCUT2D eigenvalue weighted by atomic mass is 127. The first-order valence-electron chi connectivity index (χ1n) is 10.0. The Morgan fingerprint density at radius 1 is 1.31 bits per heavy atom. The first-order valence-corrected chi connectivity index (χ1v) is 10.0. The van der Waals surface area contributed by atoms with E-state index in [1.54, 1.807) is 14.2 Å². The second-order valence-corrected chi connectivity index (χ2v) is 7.15. The van der Waals surface area contributed by atoms with Crippen LogP contribution in [0.15, 0.2) is 23.3 Å². The Kier molecular flexibility index (Phi) is 9.93. The molecule has 0 amide bonds. The van der Waals surface area contributed by atoms with Crippen LogP contribution in [0.1, 0.15) is 30.1 Å². The summed E-state index contributed by atoms with van der Waals surface area (Å²) in [7, 11) is 3.33. The van der Waals surface area contributed by atoms with Crippen LogP contribution in [-0.4, -0.2) is 59.0 Å². The Hall–Kier alpha value is -2.16. The Morgan fingerprint density at radius 3 is 2.78 bits per heavy atom. The number of guanidine groups is 1. The summed E-state index contributed by atoms with van der Waals surface area (Å²) in [6.45, 7) is 2.31. The monoisotopic (exact) mass is 568 g/mol. The molecule has 3 N–H and O–H groups in total. The van der Waals surface area contributed by atoms with Gasteiger partial charge in [-0.15, -0.1) is 24.0 Å². The molecule has 1 aliphatic rings. The molecule has 1 atom stereocenters. The second kappa shape index (κ2) is 12.2. The van der Waals surface area contributed by atoms with Crippen LogP contribution in [0, 0.1) is 0 Å². The minimum absolute atomic E-state index is 0. The molecule has 0 bridgehead atoms. The van der Waals surface area contributed by atoms with E-state index in [9.17, 15) is 13.2 Å². The molecule has 3 heterocycles. The van der Waals surface area contributed by atoms with E-state index in [1.165, 1.54) is 6.07 Å². The highest BCUT2D eigenvalue weighted by Gasteiger charge is 2.30. The van der Waals surface area contributed by atoms with E-state index in [1.807, 2.05) is 4.68 Å². The molecule has 13 heteroatoms. The fourth-order valence-electron chi connectivity index (χ4n) is 3.23. The SMILES string of the molecule is CN=C(NCCCNc1ccc(C(F)(F)F)cn1)NC1CCc2nc(COC)nn2C1.I. The molecule has 32 heavy (non-hydrogen) atoms. The van der Waals surface area contributed by atoms with Crippen molar-refractivity contribution in [1.29, 1.82) is 0 Å². The highest BCUT2D eigenvalue weighted by Crippen LogP contribution is 2.28. The van der Waals surface area contributed by atoms with Gasteiger partial charge < -0.3 is 20.7 Å². The number of aromatic nitrogens is 4. The normalized spacial score (nSPS) is 16.2. The number of alkyl halides is 3. The van der Waals surface area contributed by atoms with Gasteiger partial charge in [0, 0.05) is 45.9 Å². The summed E-state index contributed by atoms with van der Waals surface area (Å²) < 4.78 is 44.7. The summed E-state index contributed by atoms with van der Waals surface area (Å²) in [5, 5.41) is 14.1. The van der Waals surface area contributed by atoms with E-state index in [-0.39, 0.29) is 30.0 Å². The Morgan fingerprint density at radius 2 is 2.12 bits per heavy atom. The topological polar surface area (TPSA) is 101 Å². The zero-order valence-electron chi connectivity index (χ0n) is 17.9. The molecule has 178 valence electrons. The Balaban J connectivity index is 0.00000363. The average Bonchev–Trinajstić information content (AvgIpc) is 3.14. The summed E-state index contributed by atoms with van der Waals surface area (Å²) in [5.74, 6) is 2.76. The number of nitrogens with one attached hydrogen (secondary N) is 3. The van der Waals surface area contributed by atoms with Gasteiger partial charge in [0.2, 0.25) is 0 Å². The van der Waals surface area contributed by atoms with Gasteiger partial charge in [-0.1, -0.05) is 0 Å². The molecule has 2 aromatic rings. The van der Waals surface area contributed by atoms with Crippen LogP contribution in [0.2, 0.25) is 0 Å². The second-order valence-electron chi connectivity index (χ2n) is 7.15. The number of hydrogen-bond donors (Lipinski definition) is 3. The smallest absolute Gasteiger partial charge is 0.377 e. The molecule has 3 rings (SSSR count). The van der Waals surface area contributed by atoms with Crippen molar-refractivity contribution in [2.45, 2.75) is 44.6 Å². The van der Waals surface area contributed by atoms with Crippen LogP contribution in [0.3, 0.4) is 0 Å². The highest BCUT2D eigenvalue weighted by molar-refractivity contribution is 14.0. The van der Waals surface area contributed by atoms with Crippen LogP contribution >= 0.6 is 24.0 Å². The molecule has 0 fully saturated rings. The van der Waals surface area contributed by atoms with Crippen molar-refractivity contribution in [2.75, 3.05) is 32.6 Å². The number of methoxy groups -OCH3 is 1. The lowest BCUT2D eigenvalue weighted by atomic mass is 10.1. The molecular formula is C19H28F3IN8O. The number of ether oxygens (including phenoxy) is 1. The molecule has 1 aliphatic heterocycles. The average molecular weight is 568 g/mol. The van der Waals surface area contributed by atoms with E-state index >= 15 is 0 Å². The van der Waals surface area contributed by atoms with Gasteiger partial charge in [-0.05, 0) is 25.0 Å².